The lowest BCUT2D eigenvalue weighted by Crippen LogP contribution is -2.45. The second-order valence-electron chi connectivity index (χ2n) is 9.31. The van der Waals surface area contributed by atoms with E-state index >= 15 is 0 Å². The number of aromatic nitrogens is 2. The topological polar surface area (TPSA) is 70.3 Å². The van der Waals surface area contributed by atoms with Gasteiger partial charge in [-0.3, -0.25) is 14.8 Å². The molecule has 0 unspecified atom stereocenters. The van der Waals surface area contributed by atoms with E-state index in [1.165, 1.54) is 6.07 Å². The molecule has 1 aliphatic heterocycles. The Morgan fingerprint density at radius 1 is 0.944 bits per heavy atom. The van der Waals surface area contributed by atoms with Gasteiger partial charge in [-0.05, 0) is 40.8 Å². The summed E-state index contributed by atoms with van der Waals surface area (Å²) in [5.41, 5.74) is 10.9. The molecule has 1 aliphatic rings. The number of benzene rings is 2. The molecule has 36 heavy (non-hydrogen) atoms. The van der Waals surface area contributed by atoms with Crippen LogP contribution in [-0.2, 0) is 19.6 Å². The lowest BCUT2D eigenvalue weighted by molar-refractivity contribution is 0.121. The maximum absolute atomic E-state index is 14.0. The van der Waals surface area contributed by atoms with Crippen LogP contribution in [0.1, 0.15) is 22.3 Å². The van der Waals surface area contributed by atoms with Crippen molar-refractivity contribution >= 4 is 22.3 Å². The third-order valence-corrected chi connectivity index (χ3v) is 6.73. The summed E-state index contributed by atoms with van der Waals surface area (Å²) >= 11 is 0. The average Bonchev–Trinajstić information content (AvgIpc) is 2.90. The summed E-state index contributed by atoms with van der Waals surface area (Å²) in [5.74, 6) is 0.421. The first kappa shape index (κ1) is 23.9. The summed E-state index contributed by atoms with van der Waals surface area (Å²) in [6, 6.07) is 17.3. The largest absolute Gasteiger partial charge is 0.383 e. The van der Waals surface area contributed by atoms with E-state index < -0.39 is 0 Å². The number of nitrogens with one attached hydrogen (secondary N) is 1. The minimum Gasteiger partial charge on any atom is -0.383 e. The molecule has 5 rings (SSSR count). The SMILES string of the molecule is C=C(NCc1ccc2c(N)nccc2c1)c1cncc(CN2CCN(Cc3ccccc3F)CC2)c1. The molecule has 2 aromatic heterocycles. The number of anilines is 1. The molecule has 7 heteroatoms. The highest BCUT2D eigenvalue weighted by molar-refractivity contribution is 5.91. The van der Waals surface area contributed by atoms with E-state index in [0.29, 0.717) is 18.9 Å². The third-order valence-electron chi connectivity index (χ3n) is 6.73. The Morgan fingerprint density at radius 3 is 2.53 bits per heavy atom. The van der Waals surface area contributed by atoms with Gasteiger partial charge in [0, 0.05) is 86.6 Å². The standard InChI is InChI=1S/C29H31FN6/c1-21(34-17-22-6-7-27-24(14-22)8-9-33-29(27)31)26-15-23(16-32-18-26)19-35-10-12-36(13-11-35)20-25-4-2-3-5-28(25)30/h2-9,14-16,18,34H,1,10-13,17,19-20H2,(H2,31,33). The number of nitrogens with zero attached hydrogens (tertiary/aromatic N) is 4. The summed E-state index contributed by atoms with van der Waals surface area (Å²) in [7, 11) is 0. The van der Waals surface area contributed by atoms with Crippen molar-refractivity contribution in [3.05, 3.63) is 108 Å². The molecular weight excluding hydrogens is 451 g/mol. The van der Waals surface area contributed by atoms with Gasteiger partial charge in [0.1, 0.15) is 11.6 Å². The van der Waals surface area contributed by atoms with E-state index in [-0.39, 0.29) is 5.82 Å². The first-order chi connectivity index (χ1) is 17.5. The van der Waals surface area contributed by atoms with Gasteiger partial charge in [-0.15, -0.1) is 0 Å². The van der Waals surface area contributed by atoms with E-state index in [4.69, 9.17) is 5.73 Å². The molecule has 0 spiro atoms. The summed E-state index contributed by atoms with van der Waals surface area (Å²) in [6.07, 6.45) is 5.50. The molecule has 6 nitrogen and oxygen atoms in total. The Hall–Kier alpha value is -3.81. The zero-order valence-electron chi connectivity index (χ0n) is 20.3. The van der Waals surface area contributed by atoms with E-state index in [9.17, 15) is 4.39 Å². The van der Waals surface area contributed by atoms with E-state index in [0.717, 1.165) is 71.4 Å². The highest BCUT2D eigenvalue weighted by Gasteiger charge is 2.18. The molecule has 3 N–H and O–H groups in total. The first-order valence-electron chi connectivity index (χ1n) is 12.2. The number of nitrogen functional groups attached to an aromatic ring is 1. The number of piperazine rings is 1. The van der Waals surface area contributed by atoms with Crippen LogP contribution in [0.4, 0.5) is 10.2 Å². The summed E-state index contributed by atoms with van der Waals surface area (Å²) in [5, 5.41) is 5.46. The van der Waals surface area contributed by atoms with Crippen LogP contribution in [0.25, 0.3) is 16.5 Å². The molecular formula is C29H31FN6. The Bertz CT molecular complexity index is 1360. The Balaban J connectivity index is 1.14. The van der Waals surface area contributed by atoms with Gasteiger partial charge in [-0.2, -0.15) is 0 Å². The zero-order valence-corrected chi connectivity index (χ0v) is 20.3. The smallest absolute Gasteiger partial charge is 0.131 e. The fraction of sp³-hybridized carbons (Fsp3) is 0.241. The van der Waals surface area contributed by atoms with Crippen LogP contribution in [0.15, 0.2) is 79.8 Å². The van der Waals surface area contributed by atoms with E-state index in [1.807, 2.05) is 36.7 Å². The van der Waals surface area contributed by atoms with Crippen molar-refractivity contribution in [2.45, 2.75) is 19.6 Å². The highest BCUT2D eigenvalue weighted by Crippen LogP contribution is 2.21. The van der Waals surface area contributed by atoms with Crippen molar-refractivity contribution in [2.75, 3.05) is 31.9 Å². The molecule has 0 aliphatic carbocycles. The maximum atomic E-state index is 14.0. The fourth-order valence-electron chi connectivity index (χ4n) is 4.64. The molecule has 0 bridgehead atoms. The predicted molar refractivity (Wildman–Crippen MR) is 143 cm³/mol. The average molecular weight is 483 g/mol. The van der Waals surface area contributed by atoms with Gasteiger partial charge >= 0.3 is 0 Å². The third kappa shape index (κ3) is 5.70. The van der Waals surface area contributed by atoms with Crippen LogP contribution in [0.2, 0.25) is 0 Å². The molecule has 1 saturated heterocycles. The van der Waals surface area contributed by atoms with Crippen molar-refractivity contribution in [3.63, 3.8) is 0 Å². The summed E-state index contributed by atoms with van der Waals surface area (Å²) in [6.45, 7) is 10.1. The number of rotatable bonds is 8. The van der Waals surface area contributed by atoms with Gasteiger partial charge in [-0.25, -0.2) is 9.37 Å². The maximum Gasteiger partial charge on any atom is 0.131 e. The van der Waals surface area contributed by atoms with Crippen molar-refractivity contribution in [3.8, 4) is 0 Å². The first-order valence-corrected chi connectivity index (χ1v) is 12.2. The minimum atomic E-state index is -0.126. The van der Waals surface area contributed by atoms with Gasteiger partial charge in [0.25, 0.3) is 0 Å². The summed E-state index contributed by atoms with van der Waals surface area (Å²) in [4.78, 5) is 13.3. The number of hydrogen-bond donors (Lipinski definition) is 2. The molecule has 1 fully saturated rings. The van der Waals surface area contributed by atoms with Gasteiger partial charge in [-0.1, -0.05) is 36.9 Å². The Kier molecular flexibility index (Phi) is 7.21. The van der Waals surface area contributed by atoms with Gasteiger partial charge in [0.15, 0.2) is 0 Å². The number of fused-ring (bicyclic) bond motifs is 1. The van der Waals surface area contributed by atoms with Crippen LogP contribution in [-0.4, -0.2) is 45.9 Å². The molecule has 0 saturated carbocycles. The second kappa shape index (κ2) is 10.8. The van der Waals surface area contributed by atoms with Gasteiger partial charge in [0.2, 0.25) is 0 Å². The molecule has 0 radical (unpaired) electrons. The van der Waals surface area contributed by atoms with E-state index in [2.05, 4.69) is 49.9 Å². The quantitative estimate of drug-likeness (QED) is 0.387. The normalized spacial score (nSPS) is 14.7. The van der Waals surface area contributed by atoms with Crippen LogP contribution < -0.4 is 11.1 Å². The minimum absolute atomic E-state index is 0.126. The Labute approximate surface area is 211 Å². The van der Waals surface area contributed by atoms with Crippen LogP contribution in [0, 0.1) is 5.82 Å². The molecule has 0 amide bonds. The van der Waals surface area contributed by atoms with Gasteiger partial charge < -0.3 is 11.1 Å². The number of pyridine rings is 2. The zero-order chi connectivity index (χ0) is 24.9. The number of nitrogens with two attached hydrogens (primary N) is 1. The van der Waals surface area contributed by atoms with Crippen molar-refractivity contribution in [2.24, 2.45) is 0 Å². The molecule has 3 heterocycles. The Morgan fingerprint density at radius 2 is 1.72 bits per heavy atom. The monoisotopic (exact) mass is 482 g/mol. The molecule has 0 atom stereocenters. The number of hydrogen-bond acceptors (Lipinski definition) is 6. The van der Waals surface area contributed by atoms with Crippen LogP contribution >= 0.6 is 0 Å². The molecule has 2 aromatic carbocycles. The predicted octanol–water partition coefficient (Wildman–Crippen LogP) is 4.43. The van der Waals surface area contributed by atoms with Crippen molar-refractivity contribution in [1.82, 2.24) is 25.1 Å². The van der Waals surface area contributed by atoms with Crippen molar-refractivity contribution < 1.29 is 4.39 Å². The van der Waals surface area contributed by atoms with Crippen LogP contribution in [0.5, 0.6) is 0 Å². The molecule has 4 aromatic rings. The van der Waals surface area contributed by atoms with Crippen LogP contribution in [0.3, 0.4) is 0 Å². The fourth-order valence-corrected chi connectivity index (χ4v) is 4.64. The lowest BCUT2D eigenvalue weighted by atomic mass is 10.1. The van der Waals surface area contributed by atoms with Gasteiger partial charge in [0.05, 0.1) is 0 Å². The summed E-state index contributed by atoms with van der Waals surface area (Å²) < 4.78 is 14.0. The highest BCUT2D eigenvalue weighted by atomic mass is 19.1. The van der Waals surface area contributed by atoms with E-state index in [1.54, 1.807) is 12.3 Å². The lowest BCUT2D eigenvalue weighted by Gasteiger charge is -2.34. The second-order valence-corrected chi connectivity index (χ2v) is 9.31. The molecule has 184 valence electrons. The van der Waals surface area contributed by atoms with Crippen molar-refractivity contribution in [1.29, 1.82) is 0 Å². The number of halogens is 1.